The van der Waals surface area contributed by atoms with Crippen molar-refractivity contribution >= 4 is 23.1 Å². The quantitative estimate of drug-likeness (QED) is 0.667. The lowest BCUT2D eigenvalue weighted by Crippen LogP contribution is -2.17. The van der Waals surface area contributed by atoms with Crippen LogP contribution in [0.2, 0.25) is 0 Å². The zero-order valence-electron chi connectivity index (χ0n) is 11.0. The Bertz CT molecular complexity index is 718. The molecule has 21 heavy (non-hydrogen) atoms. The summed E-state index contributed by atoms with van der Waals surface area (Å²) < 4.78 is 1.57. The molecule has 8 heteroatoms. The number of hydrogen-bond acceptors (Lipinski definition) is 5. The number of aromatic amines is 1. The molecule has 0 fully saturated rings. The van der Waals surface area contributed by atoms with Crippen LogP contribution >= 0.6 is 11.3 Å². The van der Waals surface area contributed by atoms with Crippen LogP contribution in [-0.4, -0.2) is 37.6 Å². The predicted molar refractivity (Wildman–Crippen MR) is 79.2 cm³/mol. The van der Waals surface area contributed by atoms with E-state index >= 15 is 0 Å². The predicted octanol–water partition coefficient (Wildman–Crippen LogP) is 1.58. The summed E-state index contributed by atoms with van der Waals surface area (Å²) in [6, 6.07) is 7.27. The highest BCUT2D eigenvalue weighted by Crippen LogP contribution is 2.26. The second kappa shape index (κ2) is 5.90. The zero-order chi connectivity index (χ0) is 14.7. The number of rotatable bonds is 5. The summed E-state index contributed by atoms with van der Waals surface area (Å²) in [5.74, 6) is 0.233. The van der Waals surface area contributed by atoms with Crippen molar-refractivity contribution in [3.8, 4) is 10.6 Å². The van der Waals surface area contributed by atoms with Crippen LogP contribution in [0.15, 0.2) is 35.8 Å². The van der Waals surface area contributed by atoms with Gasteiger partial charge in [0.05, 0.1) is 18.0 Å². The lowest BCUT2D eigenvalue weighted by Gasteiger charge is -2.06. The average Bonchev–Trinajstić information content (AvgIpc) is 3.21. The van der Waals surface area contributed by atoms with E-state index in [-0.39, 0.29) is 12.5 Å². The van der Waals surface area contributed by atoms with Crippen molar-refractivity contribution in [1.29, 1.82) is 0 Å². The highest BCUT2D eigenvalue weighted by atomic mass is 32.1. The number of aromatic nitrogens is 4. The molecule has 0 aliphatic rings. The van der Waals surface area contributed by atoms with Gasteiger partial charge in [-0.05, 0) is 17.5 Å². The molecule has 3 aromatic heterocycles. The molecule has 0 aromatic carbocycles. The molecule has 0 aliphatic heterocycles. The molecule has 0 spiro atoms. The molecular weight excluding hydrogens is 290 g/mol. The highest BCUT2D eigenvalue weighted by Gasteiger charge is 2.14. The largest absolute Gasteiger partial charge is 0.394 e. The number of carbonyl (C=O) groups is 1. The van der Waals surface area contributed by atoms with Gasteiger partial charge >= 0.3 is 0 Å². The van der Waals surface area contributed by atoms with Crippen LogP contribution in [-0.2, 0) is 6.54 Å². The van der Waals surface area contributed by atoms with Crippen molar-refractivity contribution in [2.24, 2.45) is 0 Å². The van der Waals surface area contributed by atoms with Gasteiger partial charge in [-0.15, -0.1) is 11.3 Å². The Morgan fingerprint density at radius 3 is 3.05 bits per heavy atom. The number of nitrogens with one attached hydrogen (secondary N) is 2. The van der Waals surface area contributed by atoms with E-state index in [4.69, 9.17) is 5.11 Å². The molecule has 3 N–H and O–H groups in total. The normalized spacial score (nSPS) is 10.7. The summed E-state index contributed by atoms with van der Waals surface area (Å²) in [6.45, 7) is 0.252. The van der Waals surface area contributed by atoms with Crippen molar-refractivity contribution in [2.75, 3.05) is 11.9 Å². The van der Waals surface area contributed by atoms with Crippen LogP contribution in [0, 0.1) is 0 Å². The minimum Gasteiger partial charge on any atom is -0.394 e. The number of thiophene rings is 1. The lowest BCUT2D eigenvalue weighted by atomic mass is 10.3. The summed E-state index contributed by atoms with van der Waals surface area (Å²) >= 11 is 1.57. The Kier molecular flexibility index (Phi) is 3.80. The Morgan fingerprint density at radius 1 is 1.48 bits per heavy atom. The van der Waals surface area contributed by atoms with E-state index in [2.05, 4.69) is 20.6 Å². The standard InChI is InChI=1S/C13H13N5O2S/c19-6-5-18-12(15-13(20)9-3-4-14-16-9)8-10(17-18)11-2-1-7-21-11/h1-4,7-8,19H,5-6H2,(H,14,16)(H,15,20). The molecule has 0 saturated carbocycles. The Labute approximate surface area is 124 Å². The van der Waals surface area contributed by atoms with Gasteiger partial charge in [0.1, 0.15) is 17.2 Å². The molecule has 7 nitrogen and oxygen atoms in total. The number of amides is 1. The number of H-pyrrole nitrogens is 1. The molecule has 3 aromatic rings. The van der Waals surface area contributed by atoms with Gasteiger partial charge in [0.2, 0.25) is 0 Å². The van der Waals surface area contributed by atoms with Gasteiger partial charge in [0.25, 0.3) is 5.91 Å². The van der Waals surface area contributed by atoms with E-state index in [1.807, 2.05) is 17.5 Å². The molecular formula is C13H13N5O2S. The van der Waals surface area contributed by atoms with Gasteiger partial charge in [0.15, 0.2) is 0 Å². The number of anilines is 1. The Morgan fingerprint density at radius 2 is 2.38 bits per heavy atom. The van der Waals surface area contributed by atoms with Crippen LogP contribution in [0.3, 0.4) is 0 Å². The lowest BCUT2D eigenvalue weighted by molar-refractivity contribution is 0.102. The fraction of sp³-hybridized carbons (Fsp3) is 0.154. The first-order valence-corrected chi connectivity index (χ1v) is 7.19. The molecule has 0 atom stereocenters. The molecule has 0 unspecified atom stereocenters. The monoisotopic (exact) mass is 303 g/mol. The summed E-state index contributed by atoms with van der Waals surface area (Å²) in [7, 11) is 0. The Hall–Kier alpha value is -2.45. The number of aliphatic hydroxyl groups excluding tert-OH is 1. The third-order valence-electron chi connectivity index (χ3n) is 2.85. The fourth-order valence-corrected chi connectivity index (χ4v) is 2.57. The van der Waals surface area contributed by atoms with Crippen molar-refractivity contribution in [2.45, 2.75) is 6.54 Å². The molecule has 0 aliphatic carbocycles. The van der Waals surface area contributed by atoms with Gasteiger partial charge in [-0.2, -0.15) is 10.2 Å². The molecule has 3 rings (SSSR count). The van der Waals surface area contributed by atoms with E-state index in [1.165, 1.54) is 6.20 Å². The molecule has 0 radical (unpaired) electrons. The summed E-state index contributed by atoms with van der Waals surface area (Å²) in [4.78, 5) is 13.0. The maximum absolute atomic E-state index is 12.0. The van der Waals surface area contributed by atoms with Crippen molar-refractivity contribution in [3.05, 3.63) is 41.5 Å². The second-order valence-corrected chi connectivity index (χ2v) is 5.21. The van der Waals surface area contributed by atoms with E-state index in [0.717, 1.165) is 10.6 Å². The van der Waals surface area contributed by atoms with Crippen LogP contribution in [0.25, 0.3) is 10.6 Å². The smallest absolute Gasteiger partial charge is 0.274 e. The molecule has 1 amide bonds. The van der Waals surface area contributed by atoms with Crippen LogP contribution < -0.4 is 5.32 Å². The van der Waals surface area contributed by atoms with Gasteiger partial charge in [-0.1, -0.05) is 6.07 Å². The summed E-state index contributed by atoms with van der Waals surface area (Å²) in [5.41, 5.74) is 1.13. The maximum atomic E-state index is 12.0. The first-order valence-electron chi connectivity index (χ1n) is 6.31. The van der Waals surface area contributed by atoms with E-state index in [0.29, 0.717) is 18.1 Å². The topological polar surface area (TPSA) is 95.8 Å². The minimum atomic E-state index is -0.302. The van der Waals surface area contributed by atoms with E-state index < -0.39 is 0 Å². The van der Waals surface area contributed by atoms with Gasteiger partial charge in [-0.25, -0.2) is 4.68 Å². The summed E-state index contributed by atoms with van der Waals surface area (Å²) in [5, 5.41) is 24.6. The molecule has 0 saturated heterocycles. The van der Waals surface area contributed by atoms with Gasteiger partial charge in [0, 0.05) is 12.3 Å². The minimum absolute atomic E-state index is 0.0571. The van der Waals surface area contributed by atoms with E-state index in [9.17, 15) is 4.79 Å². The second-order valence-electron chi connectivity index (χ2n) is 4.26. The zero-order valence-corrected chi connectivity index (χ0v) is 11.8. The van der Waals surface area contributed by atoms with Gasteiger partial charge in [-0.3, -0.25) is 9.89 Å². The van der Waals surface area contributed by atoms with Crippen LogP contribution in [0.1, 0.15) is 10.5 Å². The van der Waals surface area contributed by atoms with Crippen molar-refractivity contribution in [1.82, 2.24) is 20.0 Å². The number of nitrogens with zero attached hydrogens (tertiary/aromatic N) is 3. The van der Waals surface area contributed by atoms with Crippen molar-refractivity contribution < 1.29 is 9.90 Å². The third-order valence-corrected chi connectivity index (χ3v) is 3.74. The molecule has 3 heterocycles. The van der Waals surface area contributed by atoms with Crippen molar-refractivity contribution in [3.63, 3.8) is 0 Å². The number of aliphatic hydroxyl groups is 1. The average molecular weight is 303 g/mol. The van der Waals surface area contributed by atoms with Crippen LogP contribution in [0.5, 0.6) is 0 Å². The first kappa shape index (κ1) is 13.5. The first-order chi connectivity index (χ1) is 10.3. The number of carbonyl (C=O) groups excluding carboxylic acids is 1. The third kappa shape index (κ3) is 2.86. The van der Waals surface area contributed by atoms with E-state index in [1.54, 1.807) is 28.2 Å². The maximum Gasteiger partial charge on any atom is 0.274 e. The SMILES string of the molecule is O=C(Nc1cc(-c2cccs2)nn1CCO)c1ccn[nH]1. The Balaban J connectivity index is 1.88. The van der Waals surface area contributed by atoms with Crippen LogP contribution in [0.4, 0.5) is 5.82 Å². The summed E-state index contributed by atoms with van der Waals surface area (Å²) in [6.07, 6.45) is 1.51. The fourth-order valence-electron chi connectivity index (χ4n) is 1.89. The number of hydrogen-bond donors (Lipinski definition) is 3. The highest BCUT2D eigenvalue weighted by molar-refractivity contribution is 7.13. The molecule has 0 bridgehead atoms. The van der Waals surface area contributed by atoms with Gasteiger partial charge < -0.3 is 10.4 Å². The molecule has 108 valence electrons.